The Kier molecular flexibility index (Phi) is 6.26. The Morgan fingerprint density at radius 1 is 1.09 bits per heavy atom. The molecule has 1 atom stereocenters. The molecule has 0 aromatic heterocycles. The van der Waals surface area contributed by atoms with Crippen LogP contribution in [0, 0.1) is 0 Å². The van der Waals surface area contributed by atoms with E-state index in [1.54, 1.807) is 0 Å². The Labute approximate surface area is 140 Å². The SMILES string of the molecule is NCCCOC1C=C(Cc2ccccc2CN2CCCCC2)C1. The summed E-state index contributed by atoms with van der Waals surface area (Å²) in [7, 11) is 0. The largest absolute Gasteiger partial charge is 0.374 e. The van der Waals surface area contributed by atoms with Crippen molar-refractivity contribution in [2.24, 2.45) is 5.73 Å². The lowest BCUT2D eigenvalue weighted by Crippen LogP contribution is -2.29. The number of hydrogen-bond acceptors (Lipinski definition) is 3. The van der Waals surface area contributed by atoms with Crippen LogP contribution in [0.15, 0.2) is 35.9 Å². The predicted octanol–water partition coefficient (Wildman–Crippen LogP) is 3.28. The van der Waals surface area contributed by atoms with Gasteiger partial charge >= 0.3 is 0 Å². The molecule has 3 rings (SSSR count). The van der Waals surface area contributed by atoms with E-state index in [1.807, 2.05) is 0 Å². The van der Waals surface area contributed by atoms with Crippen molar-refractivity contribution >= 4 is 0 Å². The fraction of sp³-hybridized carbons (Fsp3) is 0.600. The summed E-state index contributed by atoms with van der Waals surface area (Å²) < 4.78 is 5.77. The van der Waals surface area contributed by atoms with E-state index in [1.165, 1.54) is 49.1 Å². The number of piperidine rings is 1. The number of hydrogen-bond donors (Lipinski definition) is 1. The van der Waals surface area contributed by atoms with Gasteiger partial charge in [0, 0.05) is 13.2 Å². The molecule has 0 radical (unpaired) electrons. The lowest BCUT2D eigenvalue weighted by Gasteiger charge is -2.29. The molecule has 1 unspecified atom stereocenters. The second kappa shape index (κ2) is 8.62. The predicted molar refractivity (Wildman–Crippen MR) is 95.4 cm³/mol. The number of nitrogens with two attached hydrogens (primary N) is 1. The van der Waals surface area contributed by atoms with Gasteiger partial charge in [-0.2, -0.15) is 0 Å². The van der Waals surface area contributed by atoms with Crippen LogP contribution < -0.4 is 5.73 Å². The average molecular weight is 314 g/mol. The Morgan fingerprint density at radius 3 is 2.57 bits per heavy atom. The third-order valence-corrected chi connectivity index (χ3v) is 4.94. The molecule has 0 bridgehead atoms. The van der Waals surface area contributed by atoms with Gasteiger partial charge in [0.2, 0.25) is 0 Å². The molecule has 126 valence electrons. The van der Waals surface area contributed by atoms with E-state index < -0.39 is 0 Å². The molecule has 1 heterocycles. The van der Waals surface area contributed by atoms with Gasteiger partial charge < -0.3 is 10.5 Å². The van der Waals surface area contributed by atoms with Crippen molar-refractivity contribution in [3.63, 3.8) is 0 Å². The smallest absolute Gasteiger partial charge is 0.0795 e. The van der Waals surface area contributed by atoms with Gasteiger partial charge in [-0.3, -0.25) is 4.90 Å². The van der Waals surface area contributed by atoms with Crippen molar-refractivity contribution < 1.29 is 4.74 Å². The van der Waals surface area contributed by atoms with Gasteiger partial charge in [-0.15, -0.1) is 0 Å². The minimum atomic E-state index is 0.325. The first-order valence-electron chi connectivity index (χ1n) is 9.15. The van der Waals surface area contributed by atoms with Gasteiger partial charge in [0.05, 0.1) is 6.10 Å². The molecule has 2 aliphatic rings. The highest BCUT2D eigenvalue weighted by Crippen LogP contribution is 2.27. The molecule has 0 amide bonds. The van der Waals surface area contributed by atoms with Crippen molar-refractivity contribution in [2.75, 3.05) is 26.2 Å². The first kappa shape index (κ1) is 16.7. The van der Waals surface area contributed by atoms with Crippen LogP contribution in [-0.2, 0) is 17.7 Å². The summed E-state index contributed by atoms with van der Waals surface area (Å²) in [6, 6.07) is 8.95. The molecule has 1 aliphatic heterocycles. The van der Waals surface area contributed by atoms with Gasteiger partial charge in [-0.25, -0.2) is 0 Å². The van der Waals surface area contributed by atoms with Gasteiger partial charge in [0.15, 0.2) is 0 Å². The van der Waals surface area contributed by atoms with Crippen LogP contribution in [0.3, 0.4) is 0 Å². The molecular weight excluding hydrogens is 284 g/mol. The van der Waals surface area contributed by atoms with E-state index in [-0.39, 0.29) is 0 Å². The molecule has 1 saturated heterocycles. The van der Waals surface area contributed by atoms with Crippen LogP contribution in [0.2, 0.25) is 0 Å². The molecule has 2 N–H and O–H groups in total. The molecule has 23 heavy (non-hydrogen) atoms. The van der Waals surface area contributed by atoms with Crippen LogP contribution in [0.5, 0.6) is 0 Å². The summed E-state index contributed by atoms with van der Waals surface area (Å²) in [5, 5.41) is 0. The topological polar surface area (TPSA) is 38.5 Å². The first-order chi connectivity index (χ1) is 11.3. The maximum atomic E-state index is 5.77. The van der Waals surface area contributed by atoms with Crippen molar-refractivity contribution in [1.82, 2.24) is 4.90 Å². The minimum Gasteiger partial charge on any atom is -0.374 e. The maximum absolute atomic E-state index is 5.77. The van der Waals surface area contributed by atoms with Crippen molar-refractivity contribution in [3.05, 3.63) is 47.0 Å². The second-order valence-corrected chi connectivity index (χ2v) is 6.86. The van der Waals surface area contributed by atoms with Crippen molar-refractivity contribution in [2.45, 2.75) is 51.2 Å². The number of ether oxygens (including phenoxy) is 1. The van der Waals surface area contributed by atoms with Crippen LogP contribution >= 0.6 is 0 Å². The van der Waals surface area contributed by atoms with Crippen molar-refractivity contribution in [1.29, 1.82) is 0 Å². The quantitative estimate of drug-likeness (QED) is 0.591. The highest BCUT2D eigenvalue weighted by molar-refractivity contribution is 5.34. The van der Waals surface area contributed by atoms with Crippen molar-refractivity contribution in [3.8, 4) is 0 Å². The van der Waals surface area contributed by atoms with E-state index in [0.29, 0.717) is 12.6 Å². The lowest BCUT2D eigenvalue weighted by molar-refractivity contribution is 0.0715. The molecule has 1 aromatic rings. The zero-order valence-corrected chi connectivity index (χ0v) is 14.2. The van der Waals surface area contributed by atoms with Gasteiger partial charge in [-0.1, -0.05) is 42.3 Å². The van der Waals surface area contributed by atoms with Gasteiger partial charge in [0.25, 0.3) is 0 Å². The summed E-state index contributed by atoms with van der Waals surface area (Å²) >= 11 is 0. The number of nitrogens with zero attached hydrogens (tertiary/aromatic N) is 1. The fourth-order valence-corrected chi connectivity index (χ4v) is 3.53. The first-order valence-corrected chi connectivity index (χ1v) is 9.15. The summed E-state index contributed by atoms with van der Waals surface area (Å²) in [5.74, 6) is 0. The molecule has 0 saturated carbocycles. The molecular formula is C20H30N2O. The van der Waals surface area contributed by atoms with E-state index in [0.717, 1.165) is 32.4 Å². The number of rotatable bonds is 8. The average Bonchev–Trinajstić information content (AvgIpc) is 2.55. The highest BCUT2D eigenvalue weighted by atomic mass is 16.5. The molecule has 3 nitrogen and oxygen atoms in total. The summed E-state index contributed by atoms with van der Waals surface area (Å²) in [5.41, 5.74) is 10.0. The Bertz CT molecular complexity index is 520. The lowest BCUT2D eigenvalue weighted by atomic mass is 9.88. The Hall–Kier alpha value is -1.16. The summed E-state index contributed by atoms with van der Waals surface area (Å²) in [6.07, 6.45) is 9.86. The molecule has 1 fully saturated rings. The fourth-order valence-electron chi connectivity index (χ4n) is 3.53. The summed E-state index contributed by atoms with van der Waals surface area (Å²) in [4.78, 5) is 2.61. The minimum absolute atomic E-state index is 0.325. The molecule has 0 spiro atoms. The van der Waals surface area contributed by atoms with E-state index >= 15 is 0 Å². The second-order valence-electron chi connectivity index (χ2n) is 6.86. The van der Waals surface area contributed by atoms with E-state index in [4.69, 9.17) is 10.5 Å². The zero-order chi connectivity index (χ0) is 15.9. The zero-order valence-electron chi connectivity index (χ0n) is 14.2. The summed E-state index contributed by atoms with van der Waals surface area (Å²) in [6.45, 7) is 5.13. The van der Waals surface area contributed by atoms with Crippen LogP contribution in [0.1, 0.15) is 43.2 Å². The standard InChI is InChI=1S/C20H30N2O/c21-9-6-12-23-20-14-17(15-20)13-18-7-2-3-8-19(18)16-22-10-4-1-5-11-22/h2-3,7-8,14,20H,1,4-6,9-13,15-16,21H2. The highest BCUT2D eigenvalue weighted by Gasteiger charge is 2.20. The molecule has 3 heteroatoms. The van der Waals surface area contributed by atoms with Gasteiger partial charge in [0.1, 0.15) is 0 Å². The third kappa shape index (κ3) is 4.90. The Morgan fingerprint density at radius 2 is 1.83 bits per heavy atom. The van der Waals surface area contributed by atoms with E-state index in [2.05, 4.69) is 35.2 Å². The molecule has 1 aromatic carbocycles. The number of benzene rings is 1. The van der Waals surface area contributed by atoms with Crippen LogP contribution in [0.4, 0.5) is 0 Å². The van der Waals surface area contributed by atoms with E-state index in [9.17, 15) is 0 Å². The normalized spacial score (nSPS) is 21.8. The Balaban J connectivity index is 1.53. The monoisotopic (exact) mass is 314 g/mol. The third-order valence-electron chi connectivity index (χ3n) is 4.94. The van der Waals surface area contributed by atoms with Gasteiger partial charge in [-0.05, 0) is 62.9 Å². The molecule has 1 aliphatic carbocycles. The maximum Gasteiger partial charge on any atom is 0.0795 e. The van der Waals surface area contributed by atoms with Crippen LogP contribution in [-0.4, -0.2) is 37.2 Å². The number of likely N-dealkylation sites (tertiary alicyclic amines) is 1. The van der Waals surface area contributed by atoms with Crippen LogP contribution in [0.25, 0.3) is 0 Å².